The molecule has 124 valence electrons. The van der Waals surface area contributed by atoms with E-state index in [1.807, 2.05) is 12.1 Å². The Bertz CT molecular complexity index is 525. The number of methoxy groups -OCH3 is 3. The molecule has 1 aliphatic heterocycles. The molecular weight excluding hydrogens is 308 g/mol. The van der Waals surface area contributed by atoms with Crippen molar-refractivity contribution in [3.8, 4) is 11.5 Å². The topological polar surface area (TPSA) is 74.0 Å². The average Bonchev–Trinajstić information content (AvgIpc) is 2.52. The smallest absolute Gasteiger partial charge is 0.242 e. The molecule has 1 aromatic rings. The lowest BCUT2D eigenvalue weighted by molar-refractivity contribution is -0.134. The Hall–Kier alpha value is -1.50. The highest BCUT2D eigenvalue weighted by molar-refractivity contribution is 5.85. The minimum atomic E-state index is -0.614. The Morgan fingerprint density at radius 3 is 2.36 bits per heavy atom. The molecule has 2 N–H and O–H groups in total. The second kappa shape index (κ2) is 8.22. The Labute approximate surface area is 136 Å². The van der Waals surface area contributed by atoms with Crippen molar-refractivity contribution >= 4 is 18.3 Å². The van der Waals surface area contributed by atoms with Crippen LogP contribution in [0.1, 0.15) is 11.1 Å². The number of carbonyl (C=O) groups excluding carboxylic acids is 1. The molecule has 1 amide bonds. The summed E-state index contributed by atoms with van der Waals surface area (Å²) in [4.78, 5) is 14.0. The summed E-state index contributed by atoms with van der Waals surface area (Å²) < 4.78 is 15.6. The number of halogens is 1. The van der Waals surface area contributed by atoms with Gasteiger partial charge in [0, 0.05) is 20.2 Å². The maximum atomic E-state index is 12.2. The molecule has 0 bridgehead atoms. The average molecular weight is 331 g/mol. The summed E-state index contributed by atoms with van der Waals surface area (Å²) in [5.41, 5.74) is 8.06. The van der Waals surface area contributed by atoms with Crippen LogP contribution in [0.4, 0.5) is 0 Å². The molecule has 0 aromatic heterocycles. The molecule has 0 aliphatic carbocycles. The van der Waals surface area contributed by atoms with Crippen LogP contribution in [0.2, 0.25) is 0 Å². The molecule has 1 aliphatic rings. The van der Waals surface area contributed by atoms with E-state index in [9.17, 15) is 4.79 Å². The number of ether oxygens (including phenoxy) is 3. The zero-order chi connectivity index (χ0) is 15.4. The molecule has 7 heteroatoms. The van der Waals surface area contributed by atoms with Gasteiger partial charge in [-0.1, -0.05) is 0 Å². The molecule has 0 saturated heterocycles. The number of benzene rings is 1. The Kier molecular flexibility index (Phi) is 6.93. The molecule has 0 spiro atoms. The van der Waals surface area contributed by atoms with Gasteiger partial charge in [-0.15, -0.1) is 12.4 Å². The summed E-state index contributed by atoms with van der Waals surface area (Å²) in [6.07, 6.45) is 0.779. The van der Waals surface area contributed by atoms with Crippen molar-refractivity contribution in [1.82, 2.24) is 4.90 Å². The summed E-state index contributed by atoms with van der Waals surface area (Å²) in [5.74, 6) is 1.30. The molecule has 1 aromatic carbocycles. The molecular formula is C15H23ClN2O4. The van der Waals surface area contributed by atoms with E-state index in [-0.39, 0.29) is 24.9 Å². The molecule has 1 unspecified atom stereocenters. The van der Waals surface area contributed by atoms with E-state index in [0.29, 0.717) is 24.6 Å². The first-order valence-corrected chi connectivity index (χ1v) is 6.87. The van der Waals surface area contributed by atoms with E-state index < -0.39 is 6.04 Å². The van der Waals surface area contributed by atoms with Crippen molar-refractivity contribution in [3.05, 3.63) is 23.3 Å². The summed E-state index contributed by atoms with van der Waals surface area (Å²) in [6.45, 7) is 1.42. The minimum Gasteiger partial charge on any atom is -0.493 e. The Morgan fingerprint density at radius 1 is 1.23 bits per heavy atom. The second-order valence-electron chi connectivity index (χ2n) is 5.05. The van der Waals surface area contributed by atoms with Crippen LogP contribution < -0.4 is 15.2 Å². The molecule has 0 fully saturated rings. The van der Waals surface area contributed by atoms with Crippen molar-refractivity contribution in [2.24, 2.45) is 5.73 Å². The van der Waals surface area contributed by atoms with Gasteiger partial charge in [-0.3, -0.25) is 4.79 Å². The van der Waals surface area contributed by atoms with Crippen molar-refractivity contribution < 1.29 is 19.0 Å². The van der Waals surface area contributed by atoms with Gasteiger partial charge >= 0.3 is 0 Å². The fourth-order valence-corrected chi connectivity index (χ4v) is 2.56. The third kappa shape index (κ3) is 3.82. The van der Waals surface area contributed by atoms with Gasteiger partial charge in [0.15, 0.2) is 11.5 Å². The highest BCUT2D eigenvalue weighted by Gasteiger charge is 2.26. The number of rotatable bonds is 5. The van der Waals surface area contributed by atoms with Gasteiger partial charge in [-0.25, -0.2) is 0 Å². The van der Waals surface area contributed by atoms with Gasteiger partial charge in [0.1, 0.15) is 6.04 Å². The van der Waals surface area contributed by atoms with Gasteiger partial charge in [0.05, 0.1) is 20.8 Å². The first-order valence-electron chi connectivity index (χ1n) is 6.87. The Morgan fingerprint density at radius 2 is 1.82 bits per heavy atom. The predicted molar refractivity (Wildman–Crippen MR) is 85.8 cm³/mol. The zero-order valence-electron chi connectivity index (χ0n) is 13.1. The highest BCUT2D eigenvalue weighted by Crippen LogP contribution is 2.33. The number of amides is 1. The quantitative estimate of drug-likeness (QED) is 0.871. The third-order valence-electron chi connectivity index (χ3n) is 3.69. The van der Waals surface area contributed by atoms with Crippen LogP contribution in [0.5, 0.6) is 11.5 Å². The number of fused-ring (bicyclic) bond motifs is 1. The van der Waals surface area contributed by atoms with Gasteiger partial charge in [-0.05, 0) is 29.7 Å². The highest BCUT2D eigenvalue weighted by atomic mass is 35.5. The van der Waals surface area contributed by atoms with Gasteiger partial charge in [-0.2, -0.15) is 0 Å². The third-order valence-corrected chi connectivity index (χ3v) is 3.69. The van der Waals surface area contributed by atoms with Crippen molar-refractivity contribution in [2.45, 2.75) is 19.0 Å². The van der Waals surface area contributed by atoms with Crippen LogP contribution in [0.25, 0.3) is 0 Å². The van der Waals surface area contributed by atoms with Crippen LogP contribution in [0.3, 0.4) is 0 Å². The van der Waals surface area contributed by atoms with Crippen LogP contribution in [0, 0.1) is 0 Å². The summed E-state index contributed by atoms with van der Waals surface area (Å²) >= 11 is 0. The van der Waals surface area contributed by atoms with Crippen molar-refractivity contribution in [3.63, 3.8) is 0 Å². The van der Waals surface area contributed by atoms with Gasteiger partial charge in [0.25, 0.3) is 0 Å². The molecule has 22 heavy (non-hydrogen) atoms. The Balaban J connectivity index is 0.00000242. The molecule has 1 atom stereocenters. The number of carbonyl (C=O) groups is 1. The largest absolute Gasteiger partial charge is 0.493 e. The van der Waals surface area contributed by atoms with Crippen molar-refractivity contribution in [1.29, 1.82) is 0 Å². The summed E-state index contributed by atoms with van der Waals surface area (Å²) in [7, 11) is 4.76. The predicted octanol–water partition coefficient (Wildman–Crippen LogP) is 0.984. The minimum absolute atomic E-state index is 0. The number of hydrogen-bond donors (Lipinski definition) is 1. The second-order valence-corrected chi connectivity index (χ2v) is 5.05. The molecule has 0 saturated carbocycles. The zero-order valence-corrected chi connectivity index (χ0v) is 13.9. The van der Waals surface area contributed by atoms with E-state index >= 15 is 0 Å². The lowest BCUT2D eigenvalue weighted by atomic mass is 9.98. The van der Waals surface area contributed by atoms with E-state index in [2.05, 4.69) is 0 Å². The maximum Gasteiger partial charge on any atom is 0.242 e. The van der Waals surface area contributed by atoms with Gasteiger partial charge < -0.3 is 24.8 Å². The molecule has 6 nitrogen and oxygen atoms in total. The standard InChI is InChI=1S/C15H22N2O4.ClH/c1-19-9-12(16)15(18)17-5-4-10-6-13(20-2)14(21-3)7-11(10)8-17;/h6-7,12H,4-5,8-9,16H2,1-3H3;1H. The number of hydrogen-bond acceptors (Lipinski definition) is 5. The molecule has 2 rings (SSSR count). The normalized spacial score (nSPS) is 14.6. The van der Waals surface area contributed by atoms with E-state index in [1.165, 1.54) is 12.7 Å². The number of nitrogens with two attached hydrogens (primary N) is 1. The van der Waals surface area contributed by atoms with Gasteiger partial charge in [0.2, 0.25) is 5.91 Å². The van der Waals surface area contributed by atoms with Crippen LogP contribution in [-0.2, 0) is 22.5 Å². The van der Waals surface area contributed by atoms with E-state index in [4.69, 9.17) is 19.9 Å². The van der Waals surface area contributed by atoms with Crippen LogP contribution in [0.15, 0.2) is 12.1 Å². The lowest BCUT2D eigenvalue weighted by Crippen LogP contribution is -2.47. The van der Waals surface area contributed by atoms with Crippen molar-refractivity contribution in [2.75, 3.05) is 34.5 Å². The fraction of sp³-hybridized carbons (Fsp3) is 0.533. The maximum absolute atomic E-state index is 12.2. The molecule has 1 heterocycles. The van der Waals surface area contributed by atoms with Crippen LogP contribution >= 0.6 is 12.4 Å². The first kappa shape index (κ1) is 18.5. The SMILES string of the molecule is COCC(N)C(=O)N1CCc2cc(OC)c(OC)cc2C1.Cl. The summed E-state index contributed by atoms with van der Waals surface area (Å²) in [5, 5.41) is 0. The van der Waals surface area contributed by atoms with E-state index in [0.717, 1.165) is 12.0 Å². The fourth-order valence-electron chi connectivity index (χ4n) is 2.56. The summed E-state index contributed by atoms with van der Waals surface area (Å²) in [6, 6.07) is 3.29. The van der Waals surface area contributed by atoms with E-state index in [1.54, 1.807) is 19.1 Å². The molecule has 0 radical (unpaired) electrons. The lowest BCUT2D eigenvalue weighted by Gasteiger charge is -2.31. The monoisotopic (exact) mass is 330 g/mol. The first-order chi connectivity index (χ1) is 10.1. The number of nitrogens with zero attached hydrogens (tertiary/aromatic N) is 1. The van der Waals surface area contributed by atoms with Crippen LogP contribution in [-0.4, -0.2) is 51.3 Å².